The average Bonchev–Trinajstić information content (AvgIpc) is 3.16. The average molecular weight is 257 g/mol. The van der Waals surface area contributed by atoms with Gasteiger partial charge in [-0.3, -0.25) is 14.9 Å². The Morgan fingerprint density at radius 1 is 1.26 bits per heavy atom. The van der Waals surface area contributed by atoms with Gasteiger partial charge in [0.1, 0.15) is 0 Å². The standard InChI is InChI=1S/C15H15NO3/c1-9-10(2)15(7-8-15)14(17)13(9)11-3-5-12(6-4-11)16(18)19/h3-6,10H,7-8H2,1-2H3. The second kappa shape index (κ2) is 3.76. The van der Waals surface area contributed by atoms with Crippen LogP contribution in [-0.4, -0.2) is 10.7 Å². The molecule has 1 fully saturated rings. The minimum Gasteiger partial charge on any atom is -0.294 e. The van der Waals surface area contributed by atoms with Crippen molar-refractivity contribution in [3.63, 3.8) is 0 Å². The minimum atomic E-state index is -0.424. The van der Waals surface area contributed by atoms with Crippen molar-refractivity contribution in [2.24, 2.45) is 11.3 Å². The number of nitrogens with zero attached hydrogens (tertiary/aromatic N) is 1. The Balaban J connectivity index is 2.02. The van der Waals surface area contributed by atoms with Crippen LogP contribution in [0.25, 0.3) is 5.57 Å². The van der Waals surface area contributed by atoms with Crippen molar-refractivity contribution >= 4 is 17.0 Å². The number of carbonyl (C=O) groups is 1. The Bertz CT molecular complexity index is 609. The highest BCUT2D eigenvalue weighted by molar-refractivity contribution is 6.27. The number of hydrogen-bond donors (Lipinski definition) is 0. The highest BCUT2D eigenvalue weighted by atomic mass is 16.6. The van der Waals surface area contributed by atoms with Crippen molar-refractivity contribution in [2.45, 2.75) is 26.7 Å². The molecule has 4 heteroatoms. The molecule has 19 heavy (non-hydrogen) atoms. The molecule has 0 radical (unpaired) electrons. The maximum Gasteiger partial charge on any atom is 0.269 e. The molecule has 0 saturated heterocycles. The summed E-state index contributed by atoms with van der Waals surface area (Å²) < 4.78 is 0. The summed E-state index contributed by atoms with van der Waals surface area (Å²) in [5.41, 5.74) is 2.61. The highest BCUT2D eigenvalue weighted by Crippen LogP contribution is 2.62. The van der Waals surface area contributed by atoms with Crippen LogP contribution in [-0.2, 0) is 4.79 Å². The summed E-state index contributed by atoms with van der Waals surface area (Å²) >= 11 is 0. The number of rotatable bonds is 2. The van der Waals surface area contributed by atoms with Crippen LogP contribution in [0.5, 0.6) is 0 Å². The molecule has 98 valence electrons. The summed E-state index contributed by atoms with van der Waals surface area (Å²) in [4.78, 5) is 22.8. The van der Waals surface area contributed by atoms with Gasteiger partial charge in [0.05, 0.1) is 4.92 Å². The molecule has 2 aliphatic rings. The third-order valence-electron chi connectivity index (χ3n) is 4.71. The predicted octanol–water partition coefficient (Wildman–Crippen LogP) is 3.37. The number of nitro benzene ring substituents is 1. The lowest BCUT2D eigenvalue weighted by atomic mass is 9.90. The molecule has 2 aliphatic carbocycles. The molecular weight excluding hydrogens is 242 g/mol. The Kier molecular flexibility index (Phi) is 2.39. The van der Waals surface area contributed by atoms with Gasteiger partial charge in [0.15, 0.2) is 5.78 Å². The van der Waals surface area contributed by atoms with E-state index in [-0.39, 0.29) is 16.9 Å². The fourth-order valence-corrected chi connectivity index (χ4v) is 3.16. The predicted molar refractivity (Wildman–Crippen MR) is 71.5 cm³/mol. The first kappa shape index (κ1) is 12.1. The molecule has 1 unspecified atom stereocenters. The smallest absolute Gasteiger partial charge is 0.269 e. The molecule has 1 atom stereocenters. The molecule has 0 aliphatic heterocycles. The summed E-state index contributed by atoms with van der Waals surface area (Å²) in [6.45, 7) is 4.12. The molecule has 0 heterocycles. The van der Waals surface area contributed by atoms with Crippen LogP contribution in [0.4, 0.5) is 5.69 Å². The number of benzene rings is 1. The quantitative estimate of drug-likeness (QED) is 0.602. The van der Waals surface area contributed by atoms with Gasteiger partial charge in [-0.25, -0.2) is 0 Å². The molecular formula is C15H15NO3. The van der Waals surface area contributed by atoms with Crippen molar-refractivity contribution in [3.05, 3.63) is 45.5 Å². The molecule has 1 aromatic carbocycles. The van der Waals surface area contributed by atoms with Crippen molar-refractivity contribution in [1.29, 1.82) is 0 Å². The topological polar surface area (TPSA) is 60.2 Å². The largest absolute Gasteiger partial charge is 0.294 e. The third-order valence-corrected chi connectivity index (χ3v) is 4.71. The lowest BCUT2D eigenvalue weighted by Crippen LogP contribution is -2.16. The van der Waals surface area contributed by atoms with Crippen molar-refractivity contribution in [2.75, 3.05) is 0 Å². The van der Waals surface area contributed by atoms with Gasteiger partial charge in [0, 0.05) is 23.1 Å². The lowest BCUT2D eigenvalue weighted by Gasteiger charge is -2.12. The van der Waals surface area contributed by atoms with E-state index in [1.165, 1.54) is 12.1 Å². The molecule has 1 saturated carbocycles. The number of Topliss-reactive ketones (excluding diaryl/α,β-unsaturated/α-hetero) is 1. The zero-order chi connectivity index (χ0) is 13.8. The number of hydrogen-bond acceptors (Lipinski definition) is 3. The molecule has 1 aromatic rings. The van der Waals surface area contributed by atoms with Crippen molar-refractivity contribution < 1.29 is 9.72 Å². The van der Waals surface area contributed by atoms with Crippen LogP contribution in [0, 0.1) is 21.4 Å². The molecule has 4 nitrogen and oxygen atoms in total. The molecule has 0 N–H and O–H groups in total. The molecule has 0 bridgehead atoms. The summed E-state index contributed by atoms with van der Waals surface area (Å²) in [5.74, 6) is 0.525. The summed E-state index contributed by atoms with van der Waals surface area (Å²) in [7, 11) is 0. The maximum absolute atomic E-state index is 12.5. The van der Waals surface area contributed by atoms with Crippen LogP contribution in [0.1, 0.15) is 32.3 Å². The van der Waals surface area contributed by atoms with Crippen molar-refractivity contribution in [1.82, 2.24) is 0 Å². The van der Waals surface area contributed by atoms with E-state index >= 15 is 0 Å². The van der Waals surface area contributed by atoms with E-state index < -0.39 is 4.92 Å². The summed E-state index contributed by atoms with van der Waals surface area (Å²) in [6.07, 6.45) is 1.95. The van der Waals surface area contributed by atoms with Crippen LogP contribution in [0.15, 0.2) is 29.8 Å². The maximum atomic E-state index is 12.5. The van der Waals surface area contributed by atoms with E-state index in [1.807, 2.05) is 6.92 Å². The van der Waals surface area contributed by atoms with Gasteiger partial charge < -0.3 is 0 Å². The molecule has 0 amide bonds. The summed E-state index contributed by atoms with van der Waals surface area (Å²) in [6, 6.07) is 6.29. The van der Waals surface area contributed by atoms with Gasteiger partial charge in [0.25, 0.3) is 5.69 Å². The van der Waals surface area contributed by atoms with Gasteiger partial charge in [-0.2, -0.15) is 0 Å². The fourth-order valence-electron chi connectivity index (χ4n) is 3.16. The summed E-state index contributed by atoms with van der Waals surface area (Å²) in [5, 5.41) is 10.7. The van der Waals surface area contributed by atoms with Crippen molar-refractivity contribution in [3.8, 4) is 0 Å². The van der Waals surface area contributed by atoms with Gasteiger partial charge in [-0.05, 0) is 43.4 Å². The SMILES string of the molecule is CC1=C(c2ccc([N+](=O)[O-])cc2)C(=O)C2(CC2)C1C. The van der Waals surface area contributed by atoms with E-state index in [1.54, 1.807) is 12.1 Å². The molecule has 0 aromatic heterocycles. The monoisotopic (exact) mass is 257 g/mol. The van der Waals surface area contributed by atoms with Gasteiger partial charge in [0.2, 0.25) is 0 Å². The Labute approximate surface area is 111 Å². The van der Waals surface area contributed by atoms with Gasteiger partial charge in [-0.15, -0.1) is 0 Å². The fraction of sp³-hybridized carbons (Fsp3) is 0.400. The van der Waals surface area contributed by atoms with Gasteiger partial charge in [-0.1, -0.05) is 12.5 Å². The first-order valence-corrected chi connectivity index (χ1v) is 6.48. The first-order valence-electron chi connectivity index (χ1n) is 6.48. The van der Waals surface area contributed by atoms with E-state index in [4.69, 9.17) is 0 Å². The minimum absolute atomic E-state index is 0.0571. The van der Waals surface area contributed by atoms with Gasteiger partial charge >= 0.3 is 0 Å². The second-order valence-electron chi connectivity index (χ2n) is 5.57. The van der Waals surface area contributed by atoms with Crippen LogP contribution in [0.3, 0.4) is 0 Å². The molecule has 3 rings (SSSR count). The van der Waals surface area contributed by atoms with Crippen LogP contribution >= 0.6 is 0 Å². The van der Waals surface area contributed by atoms with Crippen LogP contribution < -0.4 is 0 Å². The van der Waals surface area contributed by atoms with Crippen LogP contribution in [0.2, 0.25) is 0 Å². The zero-order valence-corrected chi connectivity index (χ0v) is 11.0. The zero-order valence-electron chi connectivity index (χ0n) is 11.0. The van der Waals surface area contributed by atoms with E-state index in [0.29, 0.717) is 5.92 Å². The Morgan fingerprint density at radius 3 is 2.26 bits per heavy atom. The normalized spacial score (nSPS) is 24.1. The highest BCUT2D eigenvalue weighted by Gasteiger charge is 2.59. The lowest BCUT2D eigenvalue weighted by molar-refractivity contribution is -0.384. The second-order valence-corrected chi connectivity index (χ2v) is 5.57. The number of allylic oxidation sites excluding steroid dienone is 2. The van der Waals surface area contributed by atoms with E-state index in [0.717, 1.165) is 29.6 Å². The number of nitro groups is 1. The Hall–Kier alpha value is -1.97. The van der Waals surface area contributed by atoms with E-state index in [2.05, 4.69) is 6.92 Å². The number of non-ortho nitro benzene ring substituents is 1. The van der Waals surface area contributed by atoms with E-state index in [9.17, 15) is 14.9 Å². The first-order chi connectivity index (χ1) is 8.97. The molecule has 1 spiro atoms. The third kappa shape index (κ3) is 1.56. The number of carbonyl (C=O) groups excluding carboxylic acids is 1. The Morgan fingerprint density at radius 2 is 1.84 bits per heavy atom. The number of ketones is 1.